The molecule has 1 saturated heterocycles. The lowest BCUT2D eigenvalue weighted by atomic mass is 9.98. The Morgan fingerprint density at radius 1 is 1.37 bits per heavy atom. The molecule has 4 nitrogen and oxygen atoms in total. The normalized spacial score (nSPS) is 24.3. The van der Waals surface area contributed by atoms with Gasteiger partial charge in [-0.25, -0.2) is 8.42 Å². The van der Waals surface area contributed by atoms with Crippen LogP contribution in [-0.4, -0.2) is 39.7 Å². The molecule has 106 valence electrons. The second-order valence-electron chi connectivity index (χ2n) is 4.74. The van der Waals surface area contributed by atoms with E-state index in [4.69, 9.17) is 10.5 Å². The highest BCUT2D eigenvalue weighted by Crippen LogP contribution is 2.23. The summed E-state index contributed by atoms with van der Waals surface area (Å²) in [6, 6.07) is 6.83. The first kappa shape index (κ1) is 14.8. The second kappa shape index (κ2) is 6.26. The van der Waals surface area contributed by atoms with Crippen molar-refractivity contribution in [3.63, 3.8) is 0 Å². The lowest BCUT2D eigenvalue weighted by Gasteiger charge is -2.28. The van der Waals surface area contributed by atoms with E-state index in [9.17, 15) is 8.42 Å². The van der Waals surface area contributed by atoms with Gasteiger partial charge in [0, 0.05) is 17.5 Å². The van der Waals surface area contributed by atoms with Crippen molar-refractivity contribution in [3.05, 3.63) is 24.3 Å². The summed E-state index contributed by atoms with van der Waals surface area (Å²) in [7, 11) is -3.26. The van der Waals surface area contributed by atoms with Crippen molar-refractivity contribution in [2.45, 2.75) is 22.3 Å². The topological polar surface area (TPSA) is 69.4 Å². The Hall–Kier alpha value is -0.560. The van der Waals surface area contributed by atoms with E-state index in [1.165, 1.54) is 0 Å². The summed E-state index contributed by atoms with van der Waals surface area (Å²) in [5.74, 6) is 0.0924. The minimum absolute atomic E-state index is 0.0148. The van der Waals surface area contributed by atoms with Gasteiger partial charge in [0.2, 0.25) is 0 Å². The van der Waals surface area contributed by atoms with Crippen LogP contribution in [0.3, 0.4) is 0 Å². The molecule has 1 heterocycles. The number of thioether (sulfide) groups is 1. The zero-order valence-corrected chi connectivity index (χ0v) is 12.5. The minimum Gasteiger partial charge on any atom is -0.380 e. The molecule has 1 aromatic carbocycles. The predicted molar refractivity (Wildman–Crippen MR) is 77.2 cm³/mol. The van der Waals surface area contributed by atoms with Gasteiger partial charge in [0.05, 0.1) is 17.3 Å². The van der Waals surface area contributed by atoms with Gasteiger partial charge >= 0.3 is 0 Å². The molecular formula is C13H19NO3S2. The number of hydrogen-bond donors (Lipinski definition) is 1. The highest BCUT2D eigenvalue weighted by molar-refractivity contribution is 7.98. The standard InChI is InChI=1S/C13H19NO3S2/c1-18-11-2-4-12(5-3-11)19(15,16)9-10-6-7-17-8-13(10)14/h2-5,10,13H,6-9,14H2,1H3/t10-,13-/m0/s1. The fourth-order valence-corrected chi connectivity index (χ4v) is 4.30. The number of sulfone groups is 1. The maximum atomic E-state index is 12.3. The lowest BCUT2D eigenvalue weighted by molar-refractivity contribution is 0.0554. The van der Waals surface area contributed by atoms with Crippen molar-refractivity contribution >= 4 is 21.6 Å². The van der Waals surface area contributed by atoms with Gasteiger partial charge < -0.3 is 10.5 Å². The third-order valence-corrected chi connectivity index (χ3v) is 6.00. The molecule has 2 atom stereocenters. The van der Waals surface area contributed by atoms with Crippen LogP contribution >= 0.6 is 11.8 Å². The van der Waals surface area contributed by atoms with Crippen molar-refractivity contribution in [1.82, 2.24) is 0 Å². The Labute approximate surface area is 118 Å². The van der Waals surface area contributed by atoms with Gasteiger partial charge in [0.1, 0.15) is 0 Å². The Bertz CT molecular complexity index is 513. The summed E-state index contributed by atoms with van der Waals surface area (Å²) in [5, 5.41) is 0. The third-order valence-electron chi connectivity index (χ3n) is 3.40. The molecule has 19 heavy (non-hydrogen) atoms. The van der Waals surface area contributed by atoms with E-state index in [-0.39, 0.29) is 17.7 Å². The Morgan fingerprint density at radius 3 is 2.63 bits per heavy atom. The molecule has 1 aromatic rings. The van der Waals surface area contributed by atoms with Gasteiger partial charge in [-0.1, -0.05) is 0 Å². The smallest absolute Gasteiger partial charge is 0.178 e. The Balaban J connectivity index is 2.12. The van der Waals surface area contributed by atoms with Gasteiger partial charge in [0.25, 0.3) is 0 Å². The maximum Gasteiger partial charge on any atom is 0.178 e. The molecule has 1 fully saturated rings. The molecule has 0 radical (unpaired) electrons. The van der Waals surface area contributed by atoms with Crippen LogP contribution in [0.15, 0.2) is 34.1 Å². The highest BCUT2D eigenvalue weighted by atomic mass is 32.2. The van der Waals surface area contributed by atoms with Crippen LogP contribution in [0.2, 0.25) is 0 Å². The zero-order chi connectivity index (χ0) is 13.9. The van der Waals surface area contributed by atoms with E-state index >= 15 is 0 Å². The maximum absolute atomic E-state index is 12.3. The third kappa shape index (κ3) is 3.72. The minimum atomic E-state index is -3.26. The van der Waals surface area contributed by atoms with Crippen molar-refractivity contribution in [3.8, 4) is 0 Å². The number of rotatable bonds is 4. The summed E-state index contributed by atoms with van der Waals surface area (Å²) in [4.78, 5) is 1.44. The number of hydrogen-bond acceptors (Lipinski definition) is 5. The molecule has 0 bridgehead atoms. The molecule has 0 spiro atoms. The average Bonchev–Trinajstić information content (AvgIpc) is 2.41. The molecule has 0 saturated carbocycles. The molecular weight excluding hydrogens is 282 g/mol. The van der Waals surface area contributed by atoms with Crippen LogP contribution in [0.5, 0.6) is 0 Å². The van der Waals surface area contributed by atoms with Crippen LogP contribution in [0.25, 0.3) is 0 Å². The first-order valence-electron chi connectivity index (χ1n) is 6.23. The highest BCUT2D eigenvalue weighted by Gasteiger charge is 2.28. The van der Waals surface area contributed by atoms with Gasteiger partial charge in [0.15, 0.2) is 9.84 Å². The molecule has 1 aliphatic rings. The molecule has 0 unspecified atom stereocenters. The van der Waals surface area contributed by atoms with Gasteiger partial charge in [-0.15, -0.1) is 11.8 Å². The summed E-state index contributed by atoms with van der Waals surface area (Å²) < 4.78 is 29.9. The number of benzene rings is 1. The quantitative estimate of drug-likeness (QED) is 0.854. The Kier molecular flexibility index (Phi) is 4.89. The van der Waals surface area contributed by atoms with Gasteiger partial charge in [-0.05, 0) is 42.9 Å². The molecule has 0 amide bonds. The summed E-state index contributed by atoms with van der Waals surface area (Å²) >= 11 is 1.59. The number of nitrogens with two attached hydrogens (primary N) is 1. The van der Waals surface area contributed by atoms with Gasteiger partial charge in [-0.2, -0.15) is 0 Å². The van der Waals surface area contributed by atoms with Crippen LogP contribution in [-0.2, 0) is 14.6 Å². The molecule has 2 rings (SSSR count). The fraction of sp³-hybridized carbons (Fsp3) is 0.538. The predicted octanol–water partition coefficient (Wildman–Crippen LogP) is 1.55. The summed E-state index contributed by atoms with van der Waals surface area (Å²) in [5.41, 5.74) is 5.92. The first-order chi connectivity index (χ1) is 9.03. The average molecular weight is 301 g/mol. The summed E-state index contributed by atoms with van der Waals surface area (Å²) in [6.45, 7) is 1.05. The largest absolute Gasteiger partial charge is 0.380 e. The van der Waals surface area contributed by atoms with Crippen LogP contribution in [0.4, 0.5) is 0 Å². The van der Waals surface area contributed by atoms with Crippen LogP contribution in [0.1, 0.15) is 6.42 Å². The van der Waals surface area contributed by atoms with E-state index in [0.29, 0.717) is 24.5 Å². The molecule has 0 aromatic heterocycles. The summed E-state index contributed by atoms with van der Waals surface area (Å²) in [6.07, 6.45) is 2.67. The molecule has 6 heteroatoms. The molecule has 0 aliphatic carbocycles. The van der Waals surface area contributed by atoms with E-state index in [1.54, 1.807) is 23.9 Å². The van der Waals surface area contributed by atoms with Crippen LogP contribution < -0.4 is 5.73 Å². The molecule has 2 N–H and O–H groups in total. The number of ether oxygens (including phenoxy) is 1. The molecule has 1 aliphatic heterocycles. The van der Waals surface area contributed by atoms with Crippen molar-refractivity contribution in [2.24, 2.45) is 11.7 Å². The zero-order valence-electron chi connectivity index (χ0n) is 10.9. The SMILES string of the molecule is CSc1ccc(S(=O)(=O)C[C@@H]2CCOC[C@@H]2N)cc1. The fourth-order valence-electron chi connectivity index (χ4n) is 2.17. The first-order valence-corrected chi connectivity index (χ1v) is 9.11. The van der Waals surface area contributed by atoms with Crippen molar-refractivity contribution in [2.75, 3.05) is 25.2 Å². The Morgan fingerprint density at radius 2 is 2.05 bits per heavy atom. The second-order valence-corrected chi connectivity index (χ2v) is 7.66. The van der Waals surface area contributed by atoms with E-state index < -0.39 is 9.84 Å². The van der Waals surface area contributed by atoms with Crippen LogP contribution in [0, 0.1) is 5.92 Å². The monoisotopic (exact) mass is 301 g/mol. The van der Waals surface area contributed by atoms with Gasteiger partial charge in [-0.3, -0.25) is 0 Å². The van der Waals surface area contributed by atoms with Crippen molar-refractivity contribution in [1.29, 1.82) is 0 Å². The lowest BCUT2D eigenvalue weighted by Crippen LogP contribution is -2.42. The van der Waals surface area contributed by atoms with E-state index in [1.807, 2.05) is 18.4 Å². The van der Waals surface area contributed by atoms with Crippen molar-refractivity contribution < 1.29 is 13.2 Å². The van der Waals surface area contributed by atoms with E-state index in [0.717, 1.165) is 4.90 Å². The van der Waals surface area contributed by atoms with E-state index in [2.05, 4.69) is 0 Å².